The summed E-state index contributed by atoms with van der Waals surface area (Å²) in [6, 6.07) is 9.70. The van der Waals surface area contributed by atoms with Crippen LogP contribution >= 0.6 is 0 Å². The Morgan fingerprint density at radius 2 is 1.87 bits per heavy atom. The first-order valence-electron chi connectivity index (χ1n) is 8.26. The number of nitrogens with zero attached hydrogens (tertiary/aromatic N) is 2. The highest BCUT2D eigenvalue weighted by Crippen LogP contribution is 2.19. The minimum absolute atomic E-state index is 0.0598. The quantitative estimate of drug-likeness (QED) is 0.762. The first-order chi connectivity index (χ1) is 11.0. The van der Waals surface area contributed by atoms with Gasteiger partial charge in [-0.05, 0) is 32.0 Å². The highest BCUT2D eigenvalue weighted by Gasteiger charge is 2.31. The summed E-state index contributed by atoms with van der Waals surface area (Å²) in [7, 11) is -2.89. The summed E-state index contributed by atoms with van der Waals surface area (Å²) in [4.78, 5) is 16.4. The topological polar surface area (TPSA) is 57.7 Å². The molecule has 1 saturated heterocycles. The van der Waals surface area contributed by atoms with E-state index in [1.165, 1.54) is 0 Å². The van der Waals surface area contributed by atoms with Gasteiger partial charge in [0.1, 0.15) is 0 Å². The molecule has 0 bridgehead atoms. The van der Waals surface area contributed by atoms with E-state index in [0.29, 0.717) is 25.9 Å². The fourth-order valence-corrected chi connectivity index (χ4v) is 4.91. The second-order valence-electron chi connectivity index (χ2n) is 5.91. The molecule has 1 aromatic rings. The molecule has 1 atom stereocenters. The number of para-hydroxylation sites is 1. The van der Waals surface area contributed by atoms with Crippen molar-refractivity contribution in [3.63, 3.8) is 0 Å². The van der Waals surface area contributed by atoms with Gasteiger partial charge >= 0.3 is 0 Å². The highest BCUT2D eigenvalue weighted by molar-refractivity contribution is 7.91. The second kappa shape index (κ2) is 7.93. The minimum atomic E-state index is -2.89. The van der Waals surface area contributed by atoms with Gasteiger partial charge in [0.15, 0.2) is 9.84 Å². The van der Waals surface area contributed by atoms with Crippen LogP contribution in [-0.2, 0) is 14.6 Å². The van der Waals surface area contributed by atoms with Crippen LogP contribution in [0.5, 0.6) is 0 Å². The highest BCUT2D eigenvalue weighted by atomic mass is 32.2. The maximum Gasteiger partial charge on any atom is 0.228 e. The van der Waals surface area contributed by atoms with E-state index in [9.17, 15) is 13.2 Å². The van der Waals surface area contributed by atoms with Crippen LogP contribution in [0.1, 0.15) is 26.7 Å². The SMILES string of the molecule is CCN(C(=O)CCN(CC)C1CCS(=O)(=O)C1)c1ccccc1. The Labute approximate surface area is 139 Å². The Bertz CT molecular complexity index is 616. The third-order valence-corrected chi connectivity index (χ3v) is 6.18. The van der Waals surface area contributed by atoms with Crippen molar-refractivity contribution >= 4 is 21.4 Å². The molecule has 5 nitrogen and oxygen atoms in total. The lowest BCUT2D eigenvalue weighted by Gasteiger charge is -2.28. The van der Waals surface area contributed by atoms with Crippen molar-refractivity contribution in [2.24, 2.45) is 0 Å². The molecule has 0 aromatic heterocycles. The third kappa shape index (κ3) is 4.78. The van der Waals surface area contributed by atoms with Crippen molar-refractivity contribution in [2.45, 2.75) is 32.7 Å². The van der Waals surface area contributed by atoms with E-state index < -0.39 is 9.84 Å². The van der Waals surface area contributed by atoms with Crippen LogP contribution in [0.3, 0.4) is 0 Å². The minimum Gasteiger partial charge on any atom is -0.313 e. The molecule has 0 radical (unpaired) electrons. The summed E-state index contributed by atoms with van der Waals surface area (Å²) >= 11 is 0. The summed E-state index contributed by atoms with van der Waals surface area (Å²) in [5, 5.41) is 0. The number of rotatable bonds is 7. The zero-order valence-electron chi connectivity index (χ0n) is 13.9. The zero-order valence-corrected chi connectivity index (χ0v) is 14.8. The van der Waals surface area contributed by atoms with Gasteiger partial charge in [-0.3, -0.25) is 9.69 Å². The van der Waals surface area contributed by atoms with Crippen LogP contribution in [-0.4, -0.2) is 56.4 Å². The van der Waals surface area contributed by atoms with E-state index in [2.05, 4.69) is 4.90 Å². The summed E-state index contributed by atoms with van der Waals surface area (Å²) in [5.74, 6) is 0.580. The molecule has 6 heteroatoms. The summed E-state index contributed by atoms with van der Waals surface area (Å²) in [6.07, 6.45) is 1.09. The molecule has 1 aromatic carbocycles. The summed E-state index contributed by atoms with van der Waals surface area (Å²) in [6.45, 7) is 5.99. The van der Waals surface area contributed by atoms with Crippen molar-refractivity contribution in [3.05, 3.63) is 30.3 Å². The predicted octanol–water partition coefficient (Wildman–Crippen LogP) is 1.94. The maximum atomic E-state index is 12.5. The lowest BCUT2D eigenvalue weighted by molar-refractivity contribution is -0.119. The molecule has 2 rings (SSSR count). The normalized spacial score (nSPS) is 19.9. The summed E-state index contributed by atoms with van der Waals surface area (Å²) in [5.41, 5.74) is 0.909. The third-order valence-electron chi connectivity index (χ3n) is 4.43. The average Bonchev–Trinajstić information content (AvgIpc) is 2.90. The lowest BCUT2D eigenvalue weighted by atomic mass is 10.2. The number of carbonyl (C=O) groups is 1. The number of benzene rings is 1. The number of amides is 1. The van der Waals surface area contributed by atoms with Crippen molar-refractivity contribution in [1.82, 2.24) is 4.90 Å². The van der Waals surface area contributed by atoms with Gasteiger partial charge in [-0.25, -0.2) is 8.42 Å². The molecule has 0 N–H and O–H groups in total. The number of anilines is 1. The first-order valence-corrected chi connectivity index (χ1v) is 10.1. The zero-order chi connectivity index (χ0) is 16.9. The van der Waals surface area contributed by atoms with Crippen molar-refractivity contribution in [1.29, 1.82) is 0 Å². The Morgan fingerprint density at radius 3 is 2.39 bits per heavy atom. The van der Waals surface area contributed by atoms with E-state index in [-0.39, 0.29) is 23.5 Å². The van der Waals surface area contributed by atoms with Crippen LogP contribution in [0.25, 0.3) is 0 Å². The average molecular weight is 338 g/mol. The van der Waals surface area contributed by atoms with E-state index >= 15 is 0 Å². The monoisotopic (exact) mass is 338 g/mol. The lowest BCUT2D eigenvalue weighted by Crippen LogP contribution is -2.40. The van der Waals surface area contributed by atoms with Crippen LogP contribution < -0.4 is 4.90 Å². The Morgan fingerprint density at radius 1 is 1.17 bits per heavy atom. The molecule has 1 unspecified atom stereocenters. The molecule has 1 aliphatic rings. The molecule has 1 heterocycles. The van der Waals surface area contributed by atoms with Gasteiger partial charge in [0.25, 0.3) is 0 Å². The van der Waals surface area contributed by atoms with Gasteiger partial charge < -0.3 is 4.90 Å². The van der Waals surface area contributed by atoms with Crippen LogP contribution in [0.2, 0.25) is 0 Å². The molecule has 23 heavy (non-hydrogen) atoms. The Hall–Kier alpha value is -1.40. The molecule has 0 aliphatic carbocycles. The van der Waals surface area contributed by atoms with Crippen molar-refractivity contribution < 1.29 is 13.2 Å². The second-order valence-corrected chi connectivity index (χ2v) is 8.14. The van der Waals surface area contributed by atoms with Gasteiger partial charge in [-0.15, -0.1) is 0 Å². The Balaban J connectivity index is 1.94. The van der Waals surface area contributed by atoms with E-state index in [1.54, 1.807) is 4.90 Å². The number of hydrogen-bond donors (Lipinski definition) is 0. The molecule has 1 aliphatic heterocycles. The van der Waals surface area contributed by atoms with Gasteiger partial charge in [0, 0.05) is 31.2 Å². The van der Waals surface area contributed by atoms with Gasteiger partial charge in [0.2, 0.25) is 5.91 Å². The van der Waals surface area contributed by atoms with Gasteiger partial charge in [-0.1, -0.05) is 25.1 Å². The van der Waals surface area contributed by atoms with E-state index in [4.69, 9.17) is 0 Å². The van der Waals surface area contributed by atoms with Gasteiger partial charge in [0.05, 0.1) is 11.5 Å². The molecule has 0 spiro atoms. The van der Waals surface area contributed by atoms with Crippen LogP contribution in [0.4, 0.5) is 5.69 Å². The predicted molar refractivity (Wildman–Crippen MR) is 93.4 cm³/mol. The molecule has 128 valence electrons. The summed E-state index contributed by atoms with van der Waals surface area (Å²) < 4.78 is 23.3. The molecular weight excluding hydrogens is 312 g/mol. The van der Waals surface area contributed by atoms with Crippen LogP contribution in [0.15, 0.2) is 30.3 Å². The van der Waals surface area contributed by atoms with Gasteiger partial charge in [-0.2, -0.15) is 0 Å². The number of hydrogen-bond acceptors (Lipinski definition) is 4. The number of sulfone groups is 1. The fraction of sp³-hybridized carbons (Fsp3) is 0.588. The smallest absolute Gasteiger partial charge is 0.228 e. The molecule has 0 saturated carbocycles. The van der Waals surface area contributed by atoms with Crippen molar-refractivity contribution in [3.8, 4) is 0 Å². The Kier molecular flexibility index (Phi) is 6.18. The van der Waals surface area contributed by atoms with E-state index in [0.717, 1.165) is 12.2 Å². The molecule has 1 fully saturated rings. The fourth-order valence-electron chi connectivity index (χ4n) is 3.15. The maximum absolute atomic E-state index is 12.5. The van der Waals surface area contributed by atoms with Crippen molar-refractivity contribution in [2.75, 3.05) is 36.0 Å². The molecular formula is C17H26N2O3S. The first kappa shape index (κ1) is 17.9. The van der Waals surface area contributed by atoms with Crippen LogP contribution in [0, 0.1) is 0 Å². The largest absolute Gasteiger partial charge is 0.313 e. The van der Waals surface area contributed by atoms with E-state index in [1.807, 2.05) is 44.2 Å². The molecule has 1 amide bonds. The standard InChI is InChI=1S/C17H26N2O3S/c1-3-18(16-11-13-23(21,22)14-16)12-10-17(20)19(4-2)15-8-6-5-7-9-15/h5-9,16H,3-4,10-14H2,1-2H3. The number of carbonyl (C=O) groups excluding carboxylic acids is 1.